The molecule has 17 heavy (non-hydrogen) atoms. The number of primary amides is 1. The molecule has 0 radical (unpaired) electrons. The summed E-state index contributed by atoms with van der Waals surface area (Å²) in [5.74, 6) is -1.24. The molecule has 1 aromatic heterocycles. The number of aryl methyl sites for hydroxylation is 1. The van der Waals surface area contributed by atoms with Crippen LogP contribution in [0.4, 0.5) is 0 Å². The molecular formula is C9H14N4O3S. The zero-order chi connectivity index (χ0) is 12.7. The molecule has 1 aromatic rings. The third-order valence-electron chi connectivity index (χ3n) is 1.98. The van der Waals surface area contributed by atoms with E-state index in [0.717, 1.165) is 18.2 Å². The maximum atomic E-state index is 10.5. The molecule has 0 saturated heterocycles. The number of thioether (sulfide) groups is 1. The van der Waals surface area contributed by atoms with E-state index in [1.54, 1.807) is 10.9 Å². The van der Waals surface area contributed by atoms with Gasteiger partial charge in [0.05, 0.1) is 5.75 Å². The first-order valence-electron chi connectivity index (χ1n) is 5.10. The van der Waals surface area contributed by atoms with Gasteiger partial charge in [0.2, 0.25) is 5.91 Å². The number of aromatic nitrogens is 3. The molecular weight excluding hydrogens is 244 g/mol. The van der Waals surface area contributed by atoms with Crippen molar-refractivity contribution in [3.63, 3.8) is 0 Å². The Morgan fingerprint density at radius 3 is 2.88 bits per heavy atom. The van der Waals surface area contributed by atoms with Gasteiger partial charge in [0.1, 0.15) is 6.33 Å². The number of nitrogens with two attached hydrogens (primary N) is 1. The highest BCUT2D eigenvalue weighted by molar-refractivity contribution is 7.99. The van der Waals surface area contributed by atoms with Gasteiger partial charge in [-0.05, 0) is 12.8 Å². The van der Waals surface area contributed by atoms with Crippen LogP contribution in [0.1, 0.15) is 19.3 Å². The molecule has 8 heteroatoms. The van der Waals surface area contributed by atoms with Crippen molar-refractivity contribution in [2.45, 2.75) is 31.0 Å². The van der Waals surface area contributed by atoms with Crippen LogP contribution in [0, 0.1) is 0 Å². The van der Waals surface area contributed by atoms with Crippen molar-refractivity contribution in [2.75, 3.05) is 5.75 Å². The molecule has 0 aliphatic rings. The zero-order valence-electron chi connectivity index (χ0n) is 9.20. The van der Waals surface area contributed by atoms with Gasteiger partial charge in [-0.2, -0.15) is 0 Å². The lowest BCUT2D eigenvalue weighted by Crippen LogP contribution is -2.10. The summed E-state index contributed by atoms with van der Waals surface area (Å²) < 4.78 is 1.77. The molecule has 1 amide bonds. The smallest absolute Gasteiger partial charge is 0.313 e. The average Bonchev–Trinajstić information content (AvgIpc) is 2.68. The number of rotatable bonds is 8. The summed E-state index contributed by atoms with van der Waals surface area (Å²) in [4.78, 5) is 20.9. The summed E-state index contributed by atoms with van der Waals surface area (Å²) in [6.07, 6.45) is 3.40. The number of nitrogens with zero attached hydrogens (tertiary/aromatic N) is 3. The van der Waals surface area contributed by atoms with E-state index < -0.39 is 5.97 Å². The number of carbonyl (C=O) groups excluding carboxylic acids is 1. The minimum Gasteiger partial charge on any atom is -0.481 e. The van der Waals surface area contributed by atoms with Crippen LogP contribution >= 0.6 is 11.8 Å². The summed E-state index contributed by atoms with van der Waals surface area (Å²) in [6, 6.07) is 0. The molecule has 0 fully saturated rings. The molecule has 94 valence electrons. The van der Waals surface area contributed by atoms with E-state index in [-0.39, 0.29) is 11.7 Å². The molecule has 1 rings (SSSR count). The topological polar surface area (TPSA) is 111 Å². The minimum absolute atomic E-state index is 0.0417. The molecule has 1 heterocycles. The Labute approximate surface area is 102 Å². The Balaban J connectivity index is 2.35. The van der Waals surface area contributed by atoms with Crippen molar-refractivity contribution < 1.29 is 14.7 Å². The van der Waals surface area contributed by atoms with Crippen molar-refractivity contribution in [2.24, 2.45) is 5.73 Å². The summed E-state index contributed by atoms with van der Waals surface area (Å²) >= 11 is 1.12. The first-order chi connectivity index (χ1) is 8.09. The van der Waals surface area contributed by atoms with Gasteiger partial charge in [0.25, 0.3) is 0 Å². The van der Waals surface area contributed by atoms with Crippen LogP contribution in [0.3, 0.4) is 0 Å². The highest BCUT2D eigenvalue weighted by atomic mass is 32.2. The number of carboxylic acid groups (broad SMARTS) is 1. The van der Waals surface area contributed by atoms with Gasteiger partial charge >= 0.3 is 5.97 Å². The van der Waals surface area contributed by atoms with E-state index in [4.69, 9.17) is 10.8 Å². The Bertz CT molecular complexity index is 393. The number of hydrogen-bond acceptors (Lipinski definition) is 5. The lowest BCUT2D eigenvalue weighted by Gasteiger charge is -2.04. The number of amides is 1. The summed E-state index contributed by atoms with van der Waals surface area (Å²) in [6.45, 7) is 0.655. The Morgan fingerprint density at radius 2 is 2.24 bits per heavy atom. The first kappa shape index (κ1) is 13.5. The molecule has 7 nitrogen and oxygen atoms in total. The number of carboxylic acids is 1. The predicted molar refractivity (Wildman–Crippen MR) is 61.4 cm³/mol. The lowest BCUT2D eigenvalue weighted by molar-refractivity contribution is -0.133. The number of aliphatic carboxylic acids is 1. The highest BCUT2D eigenvalue weighted by Crippen LogP contribution is 2.15. The summed E-state index contributed by atoms with van der Waals surface area (Å²) in [7, 11) is 0. The minimum atomic E-state index is -0.890. The van der Waals surface area contributed by atoms with Gasteiger partial charge in [-0.25, -0.2) is 0 Å². The molecule has 0 aliphatic carbocycles. The lowest BCUT2D eigenvalue weighted by atomic mass is 10.2. The Kier molecular flexibility index (Phi) is 5.47. The van der Waals surface area contributed by atoms with E-state index >= 15 is 0 Å². The van der Waals surface area contributed by atoms with Gasteiger partial charge in [-0.15, -0.1) is 10.2 Å². The van der Waals surface area contributed by atoms with Crippen molar-refractivity contribution in [1.29, 1.82) is 0 Å². The zero-order valence-corrected chi connectivity index (χ0v) is 10.0. The van der Waals surface area contributed by atoms with Gasteiger partial charge in [0, 0.05) is 13.0 Å². The van der Waals surface area contributed by atoms with E-state index in [1.807, 2.05) is 0 Å². The van der Waals surface area contributed by atoms with E-state index in [0.29, 0.717) is 24.5 Å². The molecule has 0 unspecified atom stereocenters. The maximum absolute atomic E-state index is 10.5. The fraction of sp³-hybridized carbons (Fsp3) is 0.556. The number of carbonyl (C=O) groups is 2. The van der Waals surface area contributed by atoms with Gasteiger partial charge in [0.15, 0.2) is 5.16 Å². The van der Waals surface area contributed by atoms with E-state index in [1.165, 1.54) is 0 Å². The third kappa shape index (κ3) is 5.34. The second-order valence-corrected chi connectivity index (χ2v) is 4.36. The monoisotopic (exact) mass is 258 g/mol. The second kappa shape index (κ2) is 6.89. The van der Waals surface area contributed by atoms with E-state index in [9.17, 15) is 9.59 Å². The standard InChI is InChI=1S/C9H14N4O3S/c10-7(14)3-1-2-4-13-6-11-12-9(13)17-5-8(15)16/h6H,1-5H2,(H2,10,14)(H,15,16). The SMILES string of the molecule is NC(=O)CCCCn1cnnc1SCC(=O)O. The summed E-state index contributed by atoms with van der Waals surface area (Å²) in [5, 5.41) is 16.7. The molecule has 0 bridgehead atoms. The van der Waals surface area contributed by atoms with Crippen LogP contribution in [-0.2, 0) is 16.1 Å². The van der Waals surface area contributed by atoms with Gasteiger partial charge in [-0.3, -0.25) is 9.59 Å². The highest BCUT2D eigenvalue weighted by Gasteiger charge is 2.07. The van der Waals surface area contributed by atoms with Crippen molar-refractivity contribution in [3.8, 4) is 0 Å². The molecule has 0 saturated carbocycles. The van der Waals surface area contributed by atoms with E-state index in [2.05, 4.69) is 10.2 Å². The first-order valence-corrected chi connectivity index (χ1v) is 6.09. The number of hydrogen-bond donors (Lipinski definition) is 2. The Hall–Kier alpha value is -1.57. The largest absolute Gasteiger partial charge is 0.481 e. The number of unbranched alkanes of at least 4 members (excludes halogenated alkanes) is 1. The van der Waals surface area contributed by atoms with Crippen molar-refractivity contribution in [3.05, 3.63) is 6.33 Å². The van der Waals surface area contributed by atoms with Crippen LogP contribution in [0.25, 0.3) is 0 Å². The molecule has 3 N–H and O–H groups in total. The molecule has 0 aromatic carbocycles. The maximum Gasteiger partial charge on any atom is 0.313 e. The van der Waals surface area contributed by atoms with Crippen LogP contribution in [-0.4, -0.2) is 37.5 Å². The second-order valence-electron chi connectivity index (χ2n) is 3.41. The van der Waals surface area contributed by atoms with Crippen LogP contribution < -0.4 is 5.73 Å². The average molecular weight is 258 g/mol. The molecule has 0 aliphatic heterocycles. The van der Waals surface area contributed by atoms with Gasteiger partial charge in [-0.1, -0.05) is 11.8 Å². The third-order valence-corrected chi connectivity index (χ3v) is 2.94. The fourth-order valence-electron chi connectivity index (χ4n) is 1.22. The normalized spacial score (nSPS) is 10.4. The van der Waals surface area contributed by atoms with Crippen molar-refractivity contribution >= 4 is 23.6 Å². The Morgan fingerprint density at radius 1 is 1.47 bits per heavy atom. The quantitative estimate of drug-likeness (QED) is 0.505. The molecule has 0 spiro atoms. The van der Waals surface area contributed by atoms with Gasteiger partial charge < -0.3 is 15.4 Å². The molecule has 0 atom stereocenters. The predicted octanol–water partition coefficient (Wildman–Crippen LogP) is 0.110. The van der Waals surface area contributed by atoms with Crippen molar-refractivity contribution in [1.82, 2.24) is 14.8 Å². The fourth-order valence-corrected chi connectivity index (χ4v) is 1.88. The summed E-state index contributed by atoms with van der Waals surface area (Å²) in [5.41, 5.74) is 5.02. The van der Waals surface area contributed by atoms with Crippen LogP contribution in [0.15, 0.2) is 11.5 Å². The van der Waals surface area contributed by atoms with Crippen LogP contribution in [0.5, 0.6) is 0 Å². The van der Waals surface area contributed by atoms with Crippen LogP contribution in [0.2, 0.25) is 0 Å².